The van der Waals surface area contributed by atoms with Crippen molar-refractivity contribution in [2.24, 2.45) is 11.8 Å². The van der Waals surface area contributed by atoms with E-state index in [0.717, 1.165) is 24.7 Å². The summed E-state index contributed by atoms with van der Waals surface area (Å²) in [6, 6.07) is 4.29. The highest BCUT2D eigenvalue weighted by atomic mass is 19.1. The zero-order chi connectivity index (χ0) is 14.8. The zero-order valence-corrected chi connectivity index (χ0v) is 12.4. The van der Waals surface area contributed by atoms with Crippen LogP contribution in [-0.4, -0.2) is 9.97 Å². The summed E-state index contributed by atoms with van der Waals surface area (Å²) in [5.41, 5.74) is 1.49. The third-order valence-corrected chi connectivity index (χ3v) is 4.49. The fourth-order valence-corrected chi connectivity index (χ4v) is 2.94. The third-order valence-electron chi connectivity index (χ3n) is 4.49. The number of hydrogen-bond donors (Lipinski definition) is 1. The highest BCUT2D eigenvalue weighted by Gasteiger charge is 2.31. The SMILES string of the molecule is CC1CC1CCCCCc1nc2ccc(F)cc2[nH]c1=O. The van der Waals surface area contributed by atoms with Gasteiger partial charge in [0.25, 0.3) is 5.56 Å². The molecule has 1 aromatic heterocycles. The van der Waals surface area contributed by atoms with Gasteiger partial charge in [-0.1, -0.05) is 26.2 Å². The van der Waals surface area contributed by atoms with Crippen LogP contribution in [-0.2, 0) is 6.42 Å². The fourth-order valence-electron chi connectivity index (χ4n) is 2.94. The summed E-state index contributed by atoms with van der Waals surface area (Å²) in [4.78, 5) is 19.0. The molecule has 0 radical (unpaired) electrons. The van der Waals surface area contributed by atoms with Gasteiger partial charge in [-0.15, -0.1) is 0 Å². The maximum Gasteiger partial charge on any atom is 0.270 e. The monoisotopic (exact) mass is 288 g/mol. The number of nitrogens with zero attached hydrogens (tertiary/aromatic N) is 1. The normalized spacial score (nSPS) is 20.9. The molecule has 1 fully saturated rings. The van der Waals surface area contributed by atoms with Crippen LogP contribution in [0.4, 0.5) is 4.39 Å². The second-order valence-corrected chi connectivity index (χ2v) is 6.25. The predicted molar refractivity (Wildman–Crippen MR) is 81.8 cm³/mol. The third kappa shape index (κ3) is 3.49. The topological polar surface area (TPSA) is 45.8 Å². The van der Waals surface area contributed by atoms with Crippen LogP contribution in [0.25, 0.3) is 11.0 Å². The number of benzene rings is 1. The van der Waals surface area contributed by atoms with Gasteiger partial charge in [0.15, 0.2) is 0 Å². The van der Waals surface area contributed by atoms with Gasteiger partial charge in [-0.25, -0.2) is 9.37 Å². The molecule has 3 nitrogen and oxygen atoms in total. The Hall–Kier alpha value is -1.71. The predicted octanol–water partition coefficient (Wildman–Crippen LogP) is 3.82. The van der Waals surface area contributed by atoms with E-state index in [-0.39, 0.29) is 11.4 Å². The van der Waals surface area contributed by atoms with Crippen LogP contribution < -0.4 is 5.56 Å². The lowest BCUT2D eigenvalue weighted by Crippen LogP contribution is -2.15. The van der Waals surface area contributed by atoms with Crippen LogP contribution in [0.5, 0.6) is 0 Å². The molecule has 2 aromatic rings. The number of hydrogen-bond acceptors (Lipinski definition) is 2. The average molecular weight is 288 g/mol. The molecule has 1 aliphatic carbocycles. The first-order valence-electron chi connectivity index (χ1n) is 7.82. The molecule has 0 spiro atoms. The Morgan fingerprint density at radius 3 is 2.90 bits per heavy atom. The molecule has 1 aromatic carbocycles. The quantitative estimate of drug-likeness (QED) is 0.821. The van der Waals surface area contributed by atoms with Gasteiger partial charge < -0.3 is 4.98 Å². The number of aryl methyl sites for hydroxylation is 1. The highest BCUT2D eigenvalue weighted by Crippen LogP contribution is 2.41. The van der Waals surface area contributed by atoms with E-state index in [1.54, 1.807) is 6.07 Å². The Labute approximate surface area is 123 Å². The Kier molecular flexibility index (Phi) is 4.04. The van der Waals surface area contributed by atoms with Crippen molar-refractivity contribution in [2.45, 2.75) is 45.4 Å². The molecule has 1 aliphatic rings. The second kappa shape index (κ2) is 5.96. The van der Waals surface area contributed by atoms with Crippen LogP contribution in [0.15, 0.2) is 23.0 Å². The Morgan fingerprint density at radius 1 is 1.33 bits per heavy atom. The molecular weight excluding hydrogens is 267 g/mol. The van der Waals surface area contributed by atoms with E-state index in [9.17, 15) is 9.18 Å². The van der Waals surface area contributed by atoms with Crippen molar-refractivity contribution in [3.8, 4) is 0 Å². The van der Waals surface area contributed by atoms with E-state index in [1.807, 2.05) is 0 Å². The lowest BCUT2D eigenvalue weighted by atomic mass is 10.1. The van der Waals surface area contributed by atoms with E-state index < -0.39 is 0 Å². The van der Waals surface area contributed by atoms with Crippen molar-refractivity contribution in [2.75, 3.05) is 0 Å². The molecule has 4 heteroatoms. The van der Waals surface area contributed by atoms with Crippen LogP contribution in [0.2, 0.25) is 0 Å². The minimum Gasteiger partial charge on any atom is -0.319 e. The highest BCUT2D eigenvalue weighted by molar-refractivity contribution is 5.73. The van der Waals surface area contributed by atoms with Crippen molar-refractivity contribution in [3.63, 3.8) is 0 Å². The van der Waals surface area contributed by atoms with Crippen LogP contribution in [0.1, 0.15) is 44.7 Å². The molecule has 21 heavy (non-hydrogen) atoms. The van der Waals surface area contributed by atoms with E-state index in [2.05, 4.69) is 16.9 Å². The molecule has 0 aliphatic heterocycles. The summed E-state index contributed by atoms with van der Waals surface area (Å²) in [6.07, 6.45) is 6.79. The summed E-state index contributed by atoms with van der Waals surface area (Å²) in [5.74, 6) is 1.51. The molecular formula is C17H21FN2O. The lowest BCUT2D eigenvalue weighted by Gasteiger charge is -2.03. The molecule has 112 valence electrons. The number of halogens is 1. The maximum absolute atomic E-state index is 13.1. The van der Waals surface area contributed by atoms with E-state index in [1.165, 1.54) is 31.4 Å². The number of fused-ring (bicyclic) bond motifs is 1. The lowest BCUT2D eigenvalue weighted by molar-refractivity contribution is 0.579. The summed E-state index contributed by atoms with van der Waals surface area (Å²) in [5, 5.41) is 0. The number of rotatable bonds is 6. The van der Waals surface area contributed by atoms with Gasteiger partial charge in [0.05, 0.1) is 11.0 Å². The minimum absolute atomic E-state index is 0.191. The van der Waals surface area contributed by atoms with Crippen molar-refractivity contribution in [1.29, 1.82) is 0 Å². The first-order valence-corrected chi connectivity index (χ1v) is 7.82. The standard InChI is InChI=1S/C17H21FN2O/c1-11-9-12(11)5-3-2-4-6-15-17(21)20-16-10-13(18)7-8-14(16)19-15/h7-8,10-12H,2-6,9H2,1H3,(H,20,21). The van der Waals surface area contributed by atoms with E-state index in [4.69, 9.17) is 0 Å². The fraction of sp³-hybridized carbons (Fsp3) is 0.529. The first-order chi connectivity index (χ1) is 10.1. The molecule has 1 N–H and O–H groups in total. The summed E-state index contributed by atoms with van der Waals surface area (Å²) < 4.78 is 13.1. The Bertz CT molecular complexity index is 695. The van der Waals surface area contributed by atoms with E-state index >= 15 is 0 Å². The molecule has 0 amide bonds. The van der Waals surface area contributed by atoms with Gasteiger partial charge >= 0.3 is 0 Å². The van der Waals surface area contributed by atoms with Crippen LogP contribution >= 0.6 is 0 Å². The van der Waals surface area contributed by atoms with E-state index in [0.29, 0.717) is 23.1 Å². The summed E-state index contributed by atoms with van der Waals surface area (Å²) in [6.45, 7) is 2.31. The number of H-pyrrole nitrogens is 1. The molecule has 1 saturated carbocycles. The molecule has 0 saturated heterocycles. The summed E-state index contributed by atoms with van der Waals surface area (Å²) in [7, 11) is 0. The molecule has 2 unspecified atom stereocenters. The van der Waals surface area contributed by atoms with Crippen LogP contribution in [0.3, 0.4) is 0 Å². The number of nitrogens with one attached hydrogen (secondary N) is 1. The van der Waals surface area contributed by atoms with Gasteiger partial charge in [-0.3, -0.25) is 4.79 Å². The number of aromatic amines is 1. The van der Waals surface area contributed by atoms with Gasteiger partial charge in [-0.05, 0) is 49.3 Å². The van der Waals surface area contributed by atoms with Gasteiger partial charge in [0.1, 0.15) is 11.5 Å². The second-order valence-electron chi connectivity index (χ2n) is 6.25. The Morgan fingerprint density at radius 2 is 2.14 bits per heavy atom. The molecule has 2 atom stereocenters. The van der Waals surface area contributed by atoms with Crippen molar-refractivity contribution < 1.29 is 4.39 Å². The first kappa shape index (κ1) is 14.2. The minimum atomic E-state index is -0.359. The zero-order valence-electron chi connectivity index (χ0n) is 12.4. The average Bonchev–Trinajstić information content (AvgIpc) is 3.15. The largest absolute Gasteiger partial charge is 0.319 e. The molecule has 3 rings (SSSR count). The number of unbranched alkanes of at least 4 members (excludes halogenated alkanes) is 2. The smallest absolute Gasteiger partial charge is 0.270 e. The molecule has 1 heterocycles. The van der Waals surface area contributed by atoms with Crippen molar-refractivity contribution >= 4 is 11.0 Å². The van der Waals surface area contributed by atoms with Crippen molar-refractivity contribution in [3.05, 3.63) is 40.1 Å². The molecule has 0 bridgehead atoms. The van der Waals surface area contributed by atoms with Crippen molar-refractivity contribution in [1.82, 2.24) is 9.97 Å². The summed E-state index contributed by atoms with van der Waals surface area (Å²) >= 11 is 0. The maximum atomic E-state index is 13.1. The van der Waals surface area contributed by atoms with Gasteiger partial charge in [0.2, 0.25) is 0 Å². The Balaban J connectivity index is 1.57. The number of aromatic nitrogens is 2. The van der Waals surface area contributed by atoms with Crippen LogP contribution in [0, 0.1) is 17.7 Å². The van der Waals surface area contributed by atoms with Gasteiger partial charge in [0, 0.05) is 0 Å². The van der Waals surface area contributed by atoms with Gasteiger partial charge in [-0.2, -0.15) is 0 Å².